The largest absolute Gasteiger partial charge is 0.379 e. The molecular weight excluding hydrogens is 340 g/mol. The van der Waals surface area contributed by atoms with Gasteiger partial charge >= 0.3 is 0 Å². The molecule has 6 heteroatoms. The van der Waals surface area contributed by atoms with Crippen LogP contribution in [0.1, 0.15) is 35.4 Å². The lowest BCUT2D eigenvalue weighted by atomic mass is 9.93. The van der Waals surface area contributed by atoms with E-state index in [1.54, 1.807) is 0 Å². The molecule has 0 unspecified atom stereocenters. The summed E-state index contributed by atoms with van der Waals surface area (Å²) in [6.07, 6.45) is 3.46. The second-order valence-electron chi connectivity index (χ2n) is 7.90. The number of benzene rings is 1. The summed E-state index contributed by atoms with van der Waals surface area (Å²) in [5.74, 6) is 1.85. The van der Waals surface area contributed by atoms with E-state index in [1.165, 1.54) is 6.42 Å². The Morgan fingerprint density at radius 3 is 2.67 bits per heavy atom. The van der Waals surface area contributed by atoms with Gasteiger partial charge in [-0.1, -0.05) is 0 Å². The third-order valence-electron chi connectivity index (χ3n) is 6.21. The number of piperidine rings is 1. The highest BCUT2D eigenvalue weighted by Gasteiger charge is 2.24. The van der Waals surface area contributed by atoms with Crippen molar-refractivity contribution in [3.05, 3.63) is 29.6 Å². The minimum Gasteiger partial charge on any atom is -0.379 e. The second-order valence-corrected chi connectivity index (χ2v) is 7.90. The van der Waals surface area contributed by atoms with Crippen molar-refractivity contribution in [3.63, 3.8) is 0 Å². The smallest absolute Gasteiger partial charge is 0.253 e. The van der Waals surface area contributed by atoms with Crippen LogP contribution in [0.4, 0.5) is 0 Å². The topological polar surface area (TPSA) is 50.6 Å². The van der Waals surface area contributed by atoms with Crippen LogP contribution in [0, 0.1) is 12.8 Å². The Hall–Kier alpha value is -1.92. The number of hydrogen-bond acceptors (Lipinski definition) is 4. The van der Waals surface area contributed by atoms with Gasteiger partial charge in [0.15, 0.2) is 0 Å². The molecule has 0 bridgehead atoms. The summed E-state index contributed by atoms with van der Waals surface area (Å²) in [4.78, 5) is 22.0. The summed E-state index contributed by atoms with van der Waals surface area (Å²) in [6.45, 7) is 8.75. The molecule has 1 aromatic carbocycles. The fraction of sp³-hybridized carbons (Fsp3) is 0.619. The molecule has 0 aliphatic carbocycles. The Labute approximate surface area is 161 Å². The maximum absolute atomic E-state index is 12.9. The number of carbonyl (C=O) groups excluding carboxylic acids is 1. The van der Waals surface area contributed by atoms with Crippen LogP contribution in [0.2, 0.25) is 0 Å². The second kappa shape index (κ2) is 7.98. The molecule has 0 spiro atoms. The molecule has 146 valence electrons. The summed E-state index contributed by atoms with van der Waals surface area (Å²) in [6, 6.07) is 5.89. The molecule has 4 rings (SSSR count). The van der Waals surface area contributed by atoms with Crippen LogP contribution in [0.3, 0.4) is 0 Å². The highest BCUT2D eigenvalue weighted by atomic mass is 16.5. The number of amides is 1. The van der Waals surface area contributed by atoms with Crippen molar-refractivity contribution in [2.24, 2.45) is 13.0 Å². The minimum absolute atomic E-state index is 0.145. The average molecular weight is 370 g/mol. The molecule has 0 radical (unpaired) electrons. The number of likely N-dealkylation sites (tertiary alicyclic amines) is 1. The minimum atomic E-state index is 0.145. The average Bonchev–Trinajstić information content (AvgIpc) is 3.00. The third-order valence-corrected chi connectivity index (χ3v) is 6.21. The highest BCUT2D eigenvalue weighted by Crippen LogP contribution is 2.24. The lowest BCUT2D eigenvalue weighted by Gasteiger charge is -2.34. The lowest BCUT2D eigenvalue weighted by molar-refractivity contribution is 0.0332. The number of aryl methyl sites for hydroxylation is 2. The predicted octanol–water partition coefficient (Wildman–Crippen LogP) is 2.46. The van der Waals surface area contributed by atoms with Crippen molar-refractivity contribution in [2.45, 2.75) is 26.2 Å². The molecule has 2 aliphatic heterocycles. The number of morpholine rings is 1. The Bertz CT molecular complexity index is 802. The van der Waals surface area contributed by atoms with E-state index in [1.807, 2.05) is 37.1 Å². The van der Waals surface area contributed by atoms with Gasteiger partial charge in [-0.15, -0.1) is 0 Å². The number of ether oxygens (including phenoxy) is 1. The first-order valence-corrected chi connectivity index (χ1v) is 10.1. The van der Waals surface area contributed by atoms with Gasteiger partial charge in [-0.2, -0.15) is 0 Å². The van der Waals surface area contributed by atoms with Crippen molar-refractivity contribution in [3.8, 4) is 0 Å². The molecule has 0 saturated carbocycles. The molecule has 0 atom stereocenters. The van der Waals surface area contributed by atoms with E-state index >= 15 is 0 Å². The van der Waals surface area contributed by atoms with Crippen LogP contribution in [-0.2, 0) is 11.8 Å². The van der Waals surface area contributed by atoms with E-state index in [0.717, 1.165) is 87.1 Å². The number of fused-ring (bicyclic) bond motifs is 1. The van der Waals surface area contributed by atoms with Gasteiger partial charge in [-0.05, 0) is 56.8 Å². The molecule has 27 heavy (non-hydrogen) atoms. The zero-order chi connectivity index (χ0) is 18.8. The molecule has 2 saturated heterocycles. The van der Waals surface area contributed by atoms with Crippen LogP contribution in [0.25, 0.3) is 11.0 Å². The van der Waals surface area contributed by atoms with E-state index in [4.69, 9.17) is 4.74 Å². The van der Waals surface area contributed by atoms with Crippen molar-refractivity contribution in [1.82, 2.24) is 19.4 Å². The molecule has 6 nitrogen and oxygen atoms in total. The van der Waals surface area contributed by atoms with Crippen molar-refractivity contribution < 1.29 is 9.53 Å². The van der Waals surface area contributed by atoms with Crippen LogP contribution in [-0.4, -0.2) is 71.2 Å². The quantitative estimate of drug-likeness (QED) is 0.830. The van der Waals surface area contributed by atoms with Gasteiger partial charge in [0.1, 0.15) is 5.82 Å². The number of imidazole rings is 1. The number of carbonyl (C=O) groups is 1. The molecule has 2 aliphatic rings. The first-order chi connectivity index (χ1) is 13.1. The van der Waals surface area contributed by atoms with Crippen molar-refractivity contribution in [2.75, 3.05) is 45.9 Å². The van der Waals surface area contributed by atoms with E-state index < -0.39 is 0 Å². The Morgan fingerprint density at radius 2 is 1.93 bits per heavy atom. The molecular formula is C21H30N4O2. The zero-order valence-electron chi connectivity index (χ0n) is 16.5. The summed E-state index contributed by atoms with van der Waals surface area (Å²) in [7, 11) is 2.01. The van der Waals surface area contributed by atoms with Gasteiger partial charge in [-0.3, -0.25) is 9.69 Å². The molecule has 3 heterocycles. The van der Waals surface area contributed by atoms with Crippen LogP contribution in [0.5, 0.6) is 0 Å². The summed E-state index contributed by atoms with van der Waals surface area (Å²) in [5, 5.41) is 0. The SMILES string of the molecule is Cc1nc2cc(C(=O)N3CCC(CCN4CCOCC4)CC3)ccc2n1C. The number of rotatable bonds is 4. The fourth-order valence-corrected chi connectivity index (χ4v) is 4.25. The molecule has 0 N–H and O–H groups in total. The lowest BCUT2D eigenvalue weighted by Crippen LogP contribution is -2.40. The van der Waals surface area contributed by atoms with E-state index in [2.05, 4.69) is 14.5 Å². The molecule has 2 fully saturated rings. The molecule has 1 amide bonds. The number of hydrogen-bond donors (Lipinski definition) is 0. The summed E-state index contributed by atoms with van der Waals surface area (Å²) >= 11 is 0. The van der Waals surface area contributed by atoms with Gasteiger partial charge in [-0.25, -0.2) is 4.98 Å². The fourth-order valence-electron chi connectivity index (χ4n) is 4.25. The number of nitrogens with zero attached hydrogens (tertiary/aromatic N) is 4. The van der Waals surface area contributed by atoms with E-state index in [0.29, 0.717) is 0 Å². The Balaban J connectivity index is 1.31. The maximum atomic E-state index is 12.9. The monoisotopic (exact) mass is 370 g/mol. The molecule has 2 aromatic rings. The maximum Gasteiger partial charge on any atom is 0.253 e. The first-order valence-electron chi connectivity index (χ1n) is 10.1. The highest BCUT2D eigenvalue weighted by molar-refractivity contribution is 5.97. The van der Waals surface area contributed by atoms with Gasteiger partial charge < -0.3 is 14.2 Å². The predicted molar refractivity (Wildman–Crippen MR) is 106 cm³/mol. The van der Waals surface area contributed by atoms with Gasteiger partial charge in [0.2, 0.25) is 0 Å². The number of aromatic nitrogens is 2. The van der Waals surface area contributed by atoms with Crippen molar-refractivity contribution in [1.29, 1.82) is 0 Å². The van der Waals surface area contributed by atoms with Gasteiger partial charge in [0.25, 0.3) is 5.91 Å². The Kier molecular flexibility index (Phi) is 5.45. The summed E-state index contributed by atoms with van der Waals surface area (Å²) in [5.41, 5.74) is 2.74. The van der Waals surface area contributed by atoms with E-state index in [-0.39, 0.29) is 5.91 Å². The zero-order valence-corrected chi connectivity index (χ0v) is 16.5. The summed E-state index contributed by atoms with van der Waals surface area (Å²) < 4.78 is 7.48. The normalized spacial score (nSPS) is 19.7. The van der Waals surface area contributed by atoms with E-state index in [9.17, 15) is 4.79 Å². The first kappa shape index (κ1) is 18.4. The van der Waals surface area contributed by atoms with Crippen molar-refractivity contribution >= 4 is 16.9 Å². The van der Waals surface area contributed by atoms with Crippen LogP contribution in [0.15, 0.2) is 18.2 Å². The standard InChI is InChI=1S/C21H30N4O2/c1-16-22-19-15-18(3-4-20(19)23(16)2)21(26)25-9-6-17(7-10-25)5-8-24-11-13-27-14-12-24/h3-4,15,17H,5-14H2,1-2H3. The molecule has 1 aromatic heterocycles. The Morgan fingerprint density at radius 1 is 1.19 bits per heavy atom. The van der Waals surface area contributed by atoms with Gasteiger partial charge in [0, 0.05) is 38.8 Å². The van der Waals surface area contributed by atoms with Gasteiger partial charge in [0.05, 0.1) is 24.2 Å². The van der Waals surface area contributed by atoms with Crippen LogP contribution >= 0.6 is 0 Å². The van der Waals surface area contributed by atoms with Crippen LogP contribution < -0.4 is 0 Å². The third kappa shape index (κ3) is 4.01.